The molecule has 0 unspecified atom stereocenters. The van der Waals surface area contributed by atoms with Crippen molar-refractivity contribution in [1.29, 1.82) is 0 Å². The first-order valence-corrected chi connectivity index (χ1v) is 18.0. The van der Waals surface area contributed by atoms with Crippen LogP contribution in [-0.2, 0) is 0 Å². The summed E-state index contributed by atoms with van der Waals surface area (Å²) in [4.78, 5) is 10.7. The summed E-state index contributed by atoms with van der Waals surface area (Å²) in [6.45, 7) is 0. The average Bonchev–Trinajstić information content (AvgIpc) is 3.85. The summed E-state index contributed by atoms with van der Waals surface area (Å²) in [5, 5.41) is 6.11. The Bertz CT molecular complexity index is 3080. The van der Waals surface area contributed by atoms with Gasteiger partial charge in [-0.3, -0.25) is 0 Å². The third kappa shape index (κ3) is 4.25. The molecule has 7 aromatic carbocycles. The molecule has 5 heteroatoms. The molecule has 0 bridgehead atoms. The predicted octanol–water partition coefficient (Wildman–Crippen LogP) is 12.4. The lowest BCUT2D eigenvalue weighted by Gasteiger charge is -2.11. The Morgan fingerprint density at radius 1 is 0.392 bits per heavy atom. The van der Waals surface area contributed by atoms with Crippen LogP contribution in [0, 0.1) is 0 Å². The van der Waals surface area contributed by atoms with Gasteiger partial charge in [-0.25, -0.2) is 9.97 Å². The van der Waals surface area contributed by atoms with Gasteiger partial charge >= 0.3 is 0 Å². The van der Waals surface area contributed by atoms with Crippen molar-refractivity contribution < 1.29 is 0 Å². The van der Waals surface area contributed by atoms with Crippen LogP contribution in [0.5, 0.6) is 0 Å². The molecule has 0 N–H and O–H groups in total. The first kappa shape index (κ1) is 28.3. The number of rotatable bonds is 4. The molecule has 0 spiro atoms. The Kier molecular flexibility index (Phi) is 6.09. The van der Waals surface area contributed by atoms with Crippen LogP contribution in [0.15, 0.2) is 170 Å². The summed E-state index contributed by atoms with van der Waals surface area (Å²) in [7, 11) is 0. The normalized spacial score (nSPS) is 11.9. The zero-order valence-electron chi connectivity index (χ0n) is 27.4. The predicted molar refractivity (Wildman–Crippen MR) is 214 cm³/mol. The molecule has 51 heavy (non-hydrogen) atoms. The second kappa shape index (κ2) is 11.0. The number of fused-ring (bicyclic) bond motifs is 9. The van der Waals surface area contributed by atoms with E-state index >= 15 is 0 Å². The summed E-state index contributed by atoms with van der Waals surface area (Å²) in [5.41, 5.74) is 11.0. The van der Waals surface area contributed by atoms with Gasteiger partial charge in [-0.2, -0.15) is 0 Å². The van der Waals surface area contributed by atoms with Crippen LogP contribution in [0.2, 0.25) is 0 Å². The number of nitrogens with zero attached hydrogens (tertiary/aromatic N) is 4. The van der Waals surface area contributed by atoms with Crippen LogP contribution >= 0.6 is 11.3 Å². The second-order valence-electron chi connectivity index (χ2n) is 13.0. The SMILES string of the molecule is c1ccc(-n2c3ccccc3c3ccc(-c4nc(-c5ccc(-n6c7ccccc7c7ccccc76)cc5)c5sc6ccccc6c5n4)cc32)cc1. The molecule has 0 saturated carbocycles. The number of aromatic nitrogens is 4. The first-order chi connectivity index (χ1) is 25.3. The largest absolute Gasteiger partial charge is 0.309 e. The van der Waals surface area contributed by atoms with Crippen molar-refractivity contribution in [3.8, 4) is 34.0 Å². The van der Waals surface area contributed by atoms with Gasteiger partial charge in [-0.1, -0.05) is 115 Å². The third-order valence-electron chi connectivity index (χ3n) is 10.1. The Hall–Kier alpha value is -6.56. The van der Waals surface area contributed by atoms with E-state index in [1.165, 1.54) is 42.8 Å². The fraction of sp³-hybridized carbons (Fsp3) is 0. The highest BCUT2D eigenvalue weighted by Crippen LogP contribution is 2.41. The minimum atomic E-state index is 0.722. The summed E-state index contributed by atoms with van der Waals surface area (Å²) in [5.74, 6) is 0.722. The molecule has 0 radical (unpaired) electrons. The molecule has 0 saturated heterocycles. The highest BCUT2D eigenvalue weighted by atomic mass is 32.1. The van der Waals surface area contributed by atoms with E-state index in [0.29, 0.717) is 0 Å². The monoisotopic (exact) mass is 668 g/mol. The minimum absolute atomic E-state index is 0.722. The summed E-state index contributed by atoms with van der Waals surface area (Å²) < 4.78 is 7.02. The number of hydrogen-bond donors (Lipinski definition) is 0. The molecule has 11 aromatic rings. The van der Waals surface area contributed by atoms with E-state index in [9.17, 15) is 0 Å². The number of benzene rings is 7. The van der Waals surface area contributed by atoms with Gasteiger partial charge in [0.15, 0.2) is 5.82 Å². The van der Waals surface area contributed by atoms with Gasteiger partial charge in [0.25, 0.3) is 0 Å². The molecule has 4 heterocycles. The topological polar surface area (TPSA) is 35.6 Å². The minimum Gasteiger partial charge on any atom is -0.309 e. The van der Waals surface area contributed by atoms with Crippen LogP contribution in [-0.4, -0.2) is 19.1 Å². The Labute approximate surface area is 297 Å². The molecule has 0 aliphatic carbocycles. The maximum atomic E-state index is 5.38. The third-order valence-corrected chi connectivity index (χ3v) is 11.3. The molecular weight excluding hydrogens is 641 g/mol. The molecule has 0 aliphatic rings. The standard InChI is InChI=1S/C46H28N4S/c1-2-12-31(13-3-1)50-40-20-10-6-16-35(40)36-27-24-30(28-41(36)50)46-47-43(45-44(48-46)37-17-7-11-21-42(37)51-45)29-22-25-32(26-23-29)49-38-18-8-4-14-33(38)34-15-5-9-19-39(34)49/h1-28H. The van der Waals surface area contributed by atoms with E-state index in [0.717, 1.165) is 55.1 Å². The summed E-state index contributed by atoms with van der Waals surface area (Å²) >= 11 is 1.76. The number of hydrogen-bond acceptors (Lipinski definition) is 3. The zero-order valence-corrected chi connectivity index (χ0v) is 28.2. The zero-order chi connectivity index (χ0) is 33.5. The lowest BCUT2D eigenvalue weighted by molar-refractivity contribution is 1.17. The van der Waals surface area contributed by atoms with E-state index in [2.05, 4.69) is 179 Å². The van der Waals surface area contributed by atoms with Gasteiger partial charge in [0.1, 0.15) is 0 Å². The van der Waals surface area contributed by atoms with Crippen LogP contribution in [0.25, 0.3) is 97.9 Å². The van der Waals surface area contributed by atoms with E-state index in [4.69, 9.17) is 9.97 Å². The molecule has 0 aliphatic heterocycles. The van der Waals surface area contributed by atoms with Gasteiger partial charge in [0.05, 0.1) is 38.0 Å². The van der Waals surface area contributed by atoms with Crippen LogP contribution < -0.4 is 0 Å². The first-order valence-electron chi connectivity index (χ1n) is 17.2. The fourth-order valence-electron chi connectivity index (χ4n) is 7.85. The average molecular weight is 669 g/mol. The number of thiophene rings is 1. The van der Waals surface area contributed by atoms with Crippen molar-refractivity contribution in [1.82, 2.24) is 19.1 Å². The summed E-state index contributed by atoms with van der Waals surface area (Å²) in [6, 6.07) is 60.6. The van der Waals surface area contributed by atoms with Crippen molar-refractivity contribution >= 4 is 75.3 Å². The quantitative estimate of drug-likeness (QED) is 0.187. The van der Waals surface area contributed by atoms with Gasteiger partial charge in [0.2, 0.25) is 0 Å². The van der Waals surface area contributed by atoms with Crippen molar-refractivity contribution in [2.45, 2.75) is 0 Å². The Morgan fingerprint density at radius 3 is 1.57 bits per heavy atom. The Balaban J connectivity index is 1.12. The Morgan fingerprint density at radius 2 is 0.902 bits per heavy atom. The maximum Gasteiger partial charge on any atom is 0.160 e. The maximum absolute atomic E-state index is 5.38. The van der Waals surface area contributed by atoms with Crippen LogP contribution in [0.3, 0.4) is 0 Å². The number of para-hydroxylation sites is 4. The molecule has 4 nitrogen and oxygen atoms in total. The van der Waals surface area contributed by atoms with E-state index < -0.39 is 0 Å². The molecule has 238 valence electrons. The lowest BCUT2D eigenvalue weighted by atomic mass is 10.1. The molecule has 0 atom stereocenters. The highest BCUT2D eigenvalue weighted by Gasteiger charge is 2.19. The smallest absolute Gasteiger partial charge is 0.160 e. The van der Waals surface area contributed by atoms with E-state index in [1.807, 2.05) is 0 Å². The summed E-state index contributed by atoms with van der Waals surface area (Å²) in [6.07, 6.45) is 0. The van der Waals surface area contributed by atoms with Gasteiger partial charge in [-0.05, 0) is 54.6 Å². The van der Waals surface area contributed by atoms with E-state index in [1.54, 1.807) is 11.3 Å². The van der Waals surface area contributed by atoms with Crippen molar-refractivity contribution in [2.24, 2.45) is 0 Å². The molecule has 0 amide bonds. The molecule has 4 aromatic heterocycles. The molecular formula is C46H28N4S. The van der Waals surface area contributed by atoms with Crippen molar-refractivity contribution in [2.75, 3.05) is 0 Å². The van der Waals surface area contributed by atoms with Crippen LogP contribution in [0.4, 0.5) is 0 Å². The van der Waals surface area contributed by atoms with Crippen LogP contribution in [0.1, 0.15) is 0 Å². The van der Waals surface area contributed by atoms with E-state index in [-0.39, 0.29) is 0 Å². The molecule has 0 fully saturated rings. The second-order valence-corrected chi connectivity index (χ2v) is 14.1. The van der Waals surface area contributed by atoms with Crippen molar-refractivity contribution in [3.63, 3.8) is 0 Å². The van der Waals surface area contributed by atoms with Gasteiger partial charge in [0, 0.05) is 54.1 Å². The lowest BCUT2D eigenvalue weighted by Crippen LogP contribution is -1.96. The van der Waals surface area contributed by atoms with Gasteiger partial charge in [-0.15, -0.1) is 11.3 Å². The van der Waals surface area contributed by atoms with Crippen molar-refractivity contribution in [3.05, 3.63) is 170 Å². The fourth-order valence-corrected chi connectivity index (χ4v) is 9.00. The highest BCUT2D eigenvalue weighted by molar-refractivity contribution is 7.26. The molecule has 11 rings (SSSR count). The van der Waals surface area contributed by atoms with Gasteiger partial charge < -0.3 is 9.13 Å².